The molecule has 0 amide bonds. The summed E-state index contributed by atoms with van der Waals surface area (Å²) in [5, 5.41) is 1.77. The smallest absolute Gasteiger partial charge is 0.133 e. The second kappa shape index (κ2) is 20.2. The predicted molar refractivity (Wildman–Crippen MR) is 154 cm³/mol. The number of benzene rings is 1. The summed E-state index contributed by atoms with van der Waals surface area (Å²) in [6.45, 7) is 13.0. The van der Waals surface area contributed by atoms with Gasteiger partial charge in [0.25, 0.3) is 0 Å². The molecule has 3 atom stereocenters. The SMILES string of the molecule is CCCC(CC(=O)CC)c1ccc(Cl)c(P)c1.C\C=C/C(=C\C=C\CC)CCC(C)CCC. The molecule has 0 aliphatic rings. The first kappa shape index (κ1) is 31.8. The molecular weight excluding hydrogens is 443 g/mol. The summed E-state index contributed by atoms with van der Waals surface area (Å²) in [6.07, 6.45) is 20.7. The van der Waals surface area contributed by atoms with E-state index in [-0.39, 0.29) is 0 Å². The van der Waals surface area contributed by atoms with E-state index >= 15 is 0 Å². The average molecular weight is 491 g/mol. The molecule has 0 aliphatic heterocycles. The zero-order valence-electron chi connectivity index (χ0n) is 22.0. The Kier molecular flexibility index (Phi) is 19.5. The Bertz CT molecular complexity index is 748. The van der Waals surface area contributed by atoms with Gasteiger partial charge in [-0.3, -0.25) is 4.79 Å². The summed E-state index contributed by atoms with van der Waals surface area (Å²) in [4.78, 5) is 11.6. The third-order valence-electron chi connectivity index (χ3n) is 5.77. The van der Waals surface area contributed by atoms with Crippen molar-refractivity contribution in [3.05, 3.63) is 64.7 Å². The van der Waals surface area contributed by atoms with Crippen LogP contribution in [0.4, 0.5) is 0 Å². The maximum absolute atomic E-state index is 11.6. The number of ketones is 1. The highest BCUT2D eigenvalue weighted by atomic mass is 35.5. The van der Waals surface area contributed by atoms with Crippen molar-refractivity contribution in [2.75, 3.05) is 0 Å². The largest absolute Gasteiger partial charge is 0.300 e. The molecule has 0 bridgehead atoms. The monoisotopic (exact) mass is 490 g/mol. The van der Waals surface area contributed by atoms with Crippen LogP contribution in [0, 0.1) is 5.92 Å². The number of carbonyl (C=O) groups excluding carboxylic acids is 1. The van der Waals surface area contributed by atoms with E-state index in [4.69, 9.17) is 11.6 Å². The maximum atomic E-state index is 11.6. The second-order valence-corrected chi connectivity index (χ2v) is 9.90. The number of allylic oxidation sites excluding steroid dienone is 6. The quantitative estimate of drug-likeness (QED) is 0.187. The van der Waals surface area contributed by atoms with Crippen LogP contribution in [0.1, 0.15) is 111 Å². The molecule has 0 N–H and O–H groups in total. The number of rotatable bonds is 14. The highest BCUT2D eigenvalue weighted by Gasteiger charge is 2.15. The lowest BCUT2D eigenvalue weighted by Gasteiger charge is -2.16. The van der Waals surface area contributed by atoms with Crippen LogP contribution in [-0.2, 0) is 4.79 Å². The normalized spacial score (nSPS) is 13.8. The first-order valence-electron chi connectivity index (χ1n) is 12.9. The van der Waals surface area contributed by atoms with Gasteiger partial charge in [0.15, 0.2) is 0 Å². The lowest BCUT2D eigenvalue weighted by atomic mass is 9.89. The van der Waals surface area contributed by atoms with E-state index in [1.54, 1.807) is 0 Å². The zero-order chi connectivity index (χ0) is 25.1. The van der Waals surface area contributed by atoms with E-state index in [1.807, 2.05) is 19.1 Å². The Labute approximate surface area is 212 Å². The Hall–Kier alpha value is -1.17. The molecular formula is C30H48ClOP. The van der Waals surface area contributed by atoms with Crippen LogP contribution >= 0.6 is 20.8 Å². The third kappa shape index (κ3) is 15.4. The second-order valence-electron chi connectivity index (χ2n) is 8.87. The fourth-order valence-corrected chi connectivity index (χ4v) is 4.19. The molecule has 0 saturated carbocycles. The molecule has 0 aromatic heterocycles. The van der Waals surface area contributed by atoms with E-state index in [1.165, 1.54) is 36.8 Å². The van der Waals surface area contributed by atoms with Crippen molar-refractivity contribution >= 4 is 31.9 Å². The van der Waals surface area contributed by atoms with Gasteiger partial charge in [-0.05, 0) is 67.0 Å². The van der Waals surface area contributed by atoms with Crippen molar-refractivity contribution in [2.45, 2.75) is 105 Å². The summed E-state index contributed by atoms with van der Waals surface area (Å²) in [7, 11) is 2.64. The predicted octanol–water partition coefficient (Wildman–Crippen LogP) is 9.76. The van der Waals surface area contributed by atoms with Gasteiger partial charge in [-0.1, -0.05) is 108 Å². The Morgan fingerprint density at radius 2 is 1.79 bits per heavy atom. The Morgan fingerprint density at radius 3 is 2.33 bits per heavy atom. The highest BCUT2D eigenvalue weighted by molar-refractivity contribution is 7.28. The summed E-state index contributed by atoms with van der Waals surface area (Å²) in [5.41, 5.74) is 2.68. The molecule has 33 heavy (non-hydrogen) atoms. The van der Waals surface area contributed by atoms with Crippen LogP contribution in [0.25, 0.3) is 0 Å². The fourth-order valence-electron chi connectivity index (χ4n) is 3.78. The van der Waals surface area contributed by atoms with Crippen molar-refractivity contribution in [3.8, 4) is 0 Å². The van der Waals surface area contributed by atoms with E-state index in [0.717, 1.165) is 35.5 Å². The summed E-state index contributed by atoms with van der Waals surface area (Å²) in [6, 6.07) is 6.04. The van der Waals surface area contributed by atoms with Gasteiger partial charge in [-0.15, -0.1) is 9.24 Å². The van der Waals surface area contributed by atoms with Gasteiger partial charge in [0.05, 0.1) is 0 Å². The van der Waals surface area contributed by atoms with Crippen molar-refractivity contribution in [3.63, 3.8) is 0 Å². The van der Waals surface area contributed by atoms with Crippen molar-refractivity contribution < 1.29 is 4.79 Å². The summed E-state index contributed by atoms with van der Waals surface area (Å²) >= 11 is 6.01. The Morgan fingerprint density at radius 1 is 1.09 bits per heavy atom. The minimum absolute atomic E-state index is 0.337. The van der Waals surface area contributed by atoms with E-state index < -0.39 is 0 Å². The van der Waals surface area contributed by atoms with Crippen LogP contribution < -0.4 is 5.30 Å². The molecule has 3 heteroatoms. The van der Waals surface area contributed by atoms with Gasteiger partial charge < -0.3 is 0 Å². The molecule has 0 fully saturated rings. The van der Waals surface area contributed by atoms with Crippen LogP contribution in [0.3, 0.4) is 0 Å². The van der Waals surface area contributed by atoms with Gasteiger partial charge in [-0.25, -0.2) is 0 Å². The average Bonchev–Trinajstić information content (AvgIpc) is 2.79. The number of Topliss-reactive ketones (excluding diaryl/α,β-unsaturated/α-hetero) is 1. The van der Waals surface area contributed by atoms with Crippen LogP contribution in [0.2, 0.25) is 5.02 Å². The Balaban J connectivity index is 0.000000622. The van der Waals surface area contributed by atoms with Crippen molar-refractivity contribution in [2.24, 2.45) is 5.92 Å². The lowest BCUT2D eigenvalue weighted by molar-refractivity contribution is -0.119. The molecule has 1 nitrogen and oxygen atoms in total. The number of hydrogen-bond acceptors (Lipinski definition) is 1. The minimum Gasteiger partial charge on any atom is -0.300 e. The van der Waals surface area contributed by atoms with Gasteiger partial charge in [0, 0.05) is 17.9 Å². The maximum Gasteiger partial charge on any atom is 0.133 e. The van der Waals surface area contributed by atoms with E-state index in [9.17, 15) is 4.79 Å². The molecule has 3 unspecified atom stereocenters. The fraction of sp³-hybridized carbons (Fsp3) is 0.567. The lowest BCUT2D eigenvalue weighted by Crippen LogP contribution is -2.08. The minimum atomic E-state index is 0.337. The van der Waals surface area contributed by atoms with Gasteiger partial charge in [-0.2, -0.15) is 0 Å². The molecule has 1 rings (SSSR count). The molecule has 1 aromatic rings. The molecule has 1 aromatic carbocycles. The van der Waals surface area contributed by atoms with Crippen molar-refractivity contribution in [1.82, 2.24) is 0 Å². The van der Waals surface area contributed by atoms with Crippen LogP contribution in [-0.4, -0.2) is 5.78 Å². The number of hydrogen-bond donors (Lipinski definition) is 0. The van der Waals surface area contributed by atoms with Gasteiger partial charge in [0.1, 0.15) is 5.78 Å². The summed E-state index contributed by atoms with van der Waals surface area (Å²) in [5.74, 6) is 1.53. The van der Waals surface area contributed by atoms with Crippen LogP contribution in [0.15, 0.2) is 54.2 Å². The number of halogens is 1. The van der Waals surface area contributed by atoms with E-state index in [2.05, 4.69) is 80.3 Å². The van der Waals surface area contributed by atoms with E-state index in [0.29, 0.717) is 24.5 Å². The topological polar surface area (TPSA) is 17.1 Å². The molecule has 0 spiro atoms. The van der Waals surface area contributed by atoms with Gasteiger partial charge in [0.2, 0.25) is 0 Å². The molecule has 0 heterocycles. The van der Waals surface area contributed by atoms with Crippen molar-refractivity contribution in [1.29, 1.82) is 0 Å². The summed E-state index contributed by atoms with van der Waals surface area (Å²) < 4.78 is 0. The molecule has 0 aliphatic carbocycles. The molecule has 186 valence electrons. The molecule has 0 saturated heterocycles. The third-order valence-corrected chi connectivity index (χ3v) is 6.77. The first-order chi connectivity index (χ1) is 15.8. The standard InChI is InChI=1S/C16H28.C14H20ClOP/c1-5-8-9-12-16(11-7-3)14-13-15(4)10-6-2;1-3-5-10(8-12(16)4-2)11-6-7-13(15)14(17)9-11/h7-9,11-12,15H,5-6,10,13-14H2,1-4H3;6-7,9-10H,3-5,8,17H2,1-2H3/b9-8+,11-7-,16-12+;. The van der Waals surface area contributed by atoms with Gasteiger partial charge >= 0.3 is 0 Å². The molecule has 0 radical (unpaired) electrons. The first-order valence-corrected chi connectivity index (χ1v) is 13.8. The number of carbonyl (C=O) groups is 1. The highest BCUT2D eigenvalue weighted by Crippen LogP contribution is 2.27. The van der Waals surface area contributed by atoms with Crippen LogP contribution in [0.5, 0.6) is 0 Å². The zero-order valence-corrected chi connectivity index (χ0v) is 23.9.